The molecule has 2 saturated heterocycles. The van der Waals surface area contributed by atoms with Gasteiger partial charge in [0.05, 0.1) is 6.54 Å². The van der Waals surface area contributed by atoms with E-state index in [1.54, 1.807) is 0 Å². The van der Waals surface area contributed by atoms with Crippen LogP contribution in [-0.4, -0.2) is 42.5 Å². The fourth-order valence-corrected chi connectivity index (χ4v) is 3.46. The number of nitrogens with zero attached hydrogens (tertiary/aromatic N) is 1. The maximum absolute atomic E-state index is 12.1. The van der Waals surface area contributed by atoms with Gasteiger partial charge in [-0.3, -0.25) is 9.69 Å². The quantitative estimate of drug-likeness (QED) is 0.897. The van der Waals surface area contributed by atoms with Crippen LogP contribution < -0.4 is 10.6 Å². The first-order valence-corrected chi connectivity index (χ1v) is 7.52. The van der Waals surface area contributed by atoms with Crippen molar-refractivity contribution in [3.63, 3.8) is 0 Å². The van der Waals surface area contributed by atoms with Crippen molar-refractivity contribution in [3.8, 4) is 0 Å². The summed E-state index contributed by atoms with van der Waals surface area (Å²) in [5, 5.41) is 6.59. The number of fused-ring (bicyclic) bond motifs is 2. The Morgan fingerprint density at radius 3 is 2.48 bits per heavy atom. The van der Waals surface area contributed by atoms with Crippen LogP contribution in [0.1, 0.15) is 25.7 Å². The lowest BCUT2D eigenvalue weighted by Crippen LogP contribution is -2.48. The molecule has 4 nitrogen and oxygen atoms in total. The normalized spacial score (nSPS) is 27.2. The second-order valence-electron chi connectivity index (χ2n) is 6.09. The predicted octanol–water partition coefficient (Wildman–Crippen LogP) is 2.26. The molecular weight excluding hydrogens is 286 g/mol. The zero-order valence-corrected chi connectivity index (χ0v) is 13.2. The minimum atomic E-state index is 0. The van der Waals surface area contributed by atoms with Crippen LogP contribution >= 0.6 is 12.4 Å². The molecule has 0 aromatic heterocycles. The van der Waals surface area contributed by atoms with Crippen molar-refractivity contribution in [1.29, 1.82) is 0 Å². The molecular formula is C16H24ClN3O. The van der Waals surface area contributed by atoms with Crippen molar-refractivity contribution in [2.75, 3.05) is 18.9 Å². The average molecular weight is 310 g/mol. The molecule has 5 heteroatoms. The van der Waals surface area contributed by atoms with E-state index in [-0.39, 0.29) is 18.3 Å². The van der Waals surface area contributed by atoms with Crippen LogP contribution in [-0.2, 0) is 4.79 Å². The monoisotopic (exact) mass is 309 g/mol. The third kappa shape index (κ3) is 4.19. The van der Waals surface area contributed by atoms with Gasteiger partial charge in [-0.15, -0.1) is 12.4 Å². The summed E-state index contributed by atoms with van der Waals surface area (Å²) < 4.78 is 0. The molecule has 2 N–H and O–H groups in total. The van der Waals surface area contributed by atoms with Crippen LogP contribution in [0.3, 0.4) is 0 Å². The van der Waals surface area contributed by atoms with Crippen LogP contribution in [0.15, 0.2) is 30.3 Å². The predicted molar refractivity (Wildman–Crippen MR) is 87.9 cm³/mol. The number of hydrogen-bond acceptors (Lipinski definition) is 3. The zero-order chi connectivity index (χ0) is 13.9. The summed E-state index contributed by atoms with van der Waals surface area (Å²) in [6, 6.07) is 11.5. The first kappa shape index (κ1) is 16.3. The van der Waals surface area contributed by atoms with E-state index in [0.717, 1.165) is 5.69 Å². The summed E-state index contributed by atoms with van der Waals surface area (Å²) in [6.45, 7) is 0.471. The SMILES string of the molecule is CN(CC(=O)Nc1ccccc1)C1CC2CCC(C1)N2.Cl. The molecule has 2 fully saturated rings. The van der Waals surface area contributed by atoms with E-state index in [1.165, 1.54) is 25.7 Å². The smallest absolute Gasteiger partial charge is 0.238 e. The standard InChI is InChI=1S/C16H23N3O.ClH/c1-19(15-9-13-7-8-14(10-15)17-13)11-16(20)18-12-5-3-2-4-6-12;/h2-6,13-15,17H,7-11H2,1H3,(H,18,20);1H. The Labute approximate surface area is 132 Å². The number of carbonyl (C=O) groups is 1. The average Bonchev–Trinajstić information content (AvgIpc) is 2.78. The number of hydrogen-bond donors (Lipinski definition) is 2. The first-order chi connectivity index (χ1) is 9.70. The molecule has 2 heterocycles. The molecule has 116 valence electrons. The summed E-state index contributed by atoms with van der Waals surface area (Å²) in [6.07, 6.45) is 4.94. The molecule has 0 spiro atoms. The zero-order valence-electron chi connectivity index (χ0n) is 12.4. The maximum Gasteiger partial charge on any atom is 0.238 e. The van der Waals surface area contributed by atoms with Gasteiger partial charge in [0.25, 0.3) is 0 Å². The number of para-hydroxylation sites is 1. The van der Waals surface area contributed by atoms with Crippen LogP contribution in [0.25, 0.3) is 0 Å². The number of likely N-dealkylation sites (N-methyl/N-ethyl adjacent to an activating group) is 1. The largest absolute Gasteiger partial charge is 0.325 e. The third-order valence-electron chi connectivity index (χ3n) is 4.52. The van der Waals surface area contributed by atoms with E-state index in [4.69, 9.17) is 0 Å². The fraction of sp³-hybridized carbons (Fsp3) is 0.562. The van der Waals surface area contributed by atoms with Crippen molar-refractivity contribution in [2.24, 2.45) is 0 Å². The Morgan fingerprint density at radius 2 is 1.86 bits per heavy atom. The van der Waals surface area contributed by atoms with E-state index in [9.17, 15) is 4.79 Å². The molecule has 2 bridgehead atoms. The van der Waals surface area contributed by atoms with Crippen molar-refractivity contribution < 1.29 is 4.79 Å². The Balaban J connectivity index is 0.00000161. The molecule has 3 rings (SSSR count). The lowest BCUT2D eigenvalue weighted by molar-refractivity contribution is -0.117. The molecule has 1 amide bonds. The second kappa shape index (κ2) is 7.25. The number of benzene rings is 1. The van der Waals surface area contributed by atoms with Crippen LogP contribution in [0.2, 0.25) is 0 Å². The lowest BCUT2D eigenvalue weighted by Gasteiger charge is -2.35. The number of rotatable bonds is 4. The van der Waals surface area contributed by atoms with Gasteiger partial charge in [-0.2, -0.15) is 0 Å². The summed E-state index contributed by atoms with van der Waals surface area (Å²) in [7, 11) is 2.07. The molecule has 2 atom stereocenters. The maximum atomic E-state index is 12.1. The van der Waals surface area contributed by atoms with Gasteiger partial charge in [0, 0.05) is 23.8 Å². The van der Waals surface area contributed by atoms with Gasteiger partial charge in [0.2, 0.25) is 5.91 Å². The Kier molecular flexibility index (Phi) is 5.62. The van der Waals surface area contributed by atoms with Gasteiger partial charge in [-0.1, -0.05) is 18.2 Å². The number of carbonyl (C=O) groups excluding carboxylic acids is 1. The molecule has 0 saturated carbocycles. The Hall–Kier alpha value is -1.10. The van der Waals surface area contributed by atoms with Gasteiger partial charge in [0.15, 0.2) is 0 Å². The van der Waals surface area contributed by atoms with Gasteiger partial charge in [-0.05, 0) is 44.9 Å². The highest BCUT2D eigenvalue weighted by Crippen LogP contribution is 2.29. The highest BCUT2D eigenvalue weighted by molar-refractivity contribution is 5.92. The summed E-state index contributed by atoms with van der Waals surface area (Å²) in [4.78, 5) is 14.3. The Bertz CT molecular complexity index is 456. The minimum absolute atomic E-state index is 0. The second-order valence-corrected chi connectivity index (χ2v) is 6.09. The molecule has 0 radical (unpaired) electrons. The number of piperidine rings is 1. The van der Waals surface area contributed by atoms with Crippen LogP contribution in [0, 0.1) is 0 Å². The molecule has 2 aliphatic rings. The van der Waals surface area contributed by atoms with Gasteiger partial charge in [-0.25, -0.2) is 0 Å². The highest BCUT2D eigenvalue weighted by atomic mass is 35.5. The van der Waals surface area contributed by atoms with Crippen LogP contribution in [0.5, 0.6) is 0 Å². The summed E-state index contributed by atoms with van der Waals surface area (Å²) in [5.41, 5.74) is 0.872. The van der Waals surface area contributed by atoms with Gasteiger partial charge >= 0.3 is 0 Å². The van der Waals surface area contributed by atoms with Gasteiger partial charge < -0.3 is 10.6 Å². The molecule has 1 aromatic carbocycles. The van der Waals surface area contributed by atoms with E-state index in [0.29, 0.717) is 24.7 Å². The molecule has 0 aliphatic carbocycles. The fourth-order valence-electron chi connectivity index (χ4n) is 3.46. The minimum Gasteiger partial charge on any atom is -0.325 e. The summed E-state index contributed by atoms with van der Waals surface area (Å²) >= 11 is 0. The number of anilines is 1. The molecule has 2 aliphatic heterocycles. The van der Waals surface area contributed by atoms with Crippen molar-refractivity contribution >= 4 is 24.0 Å². The summed E-state index contributed by atoms with van der Waals surface area (Å²) in [5.74, 6) is 0.0737. The van der Waals surface area contributed by atoms with E-state index >= 15 is 0 Å². The van der Waals surface area contributed by atoms with Crippen molar-refractivity contribution in [3.05, 3.63) is 30.3 Å². The highest BCUT2D eigenvalue weighted by Gasteiger charge is 2.35. The molecule has 2 unspecified atom stereocenters. The van der Waals surface area contributed by atoms with Crippen molar-refractivity contribution in [2.45, 2.75) is 43.8 Å². The van der Waals surface area contributed by atoms with Gasteiger partial charge in [0.1, 0.15) is 0 Å². The third-order valence-corrected chi connectivity index (χ3v) is 4.52. The van der Waals surface area contributed by atoms with Crippen molar-refractivity contribution in [1.82, 2.24) is 10.2 Å². The van der Waals surface area contributed by atoms with E-state index in [2.05, 4.69) is 22.6 Å². The molecule has 1 aromatic rings. The number of nitrogens with one attached hydrogen (secondary N) is 2. The lowest BCUT2D eigenvalue weighted by atomic mass is 9.98. The van der Waals surface area contributed by atoms with E-state index < -0.39 is 0 Å². The Morgan fingerprint density at radius 1 is 1.24 bits per heavy atom. The topological polar surface area (TPSA) is 44.4 Å². The van der Waals surface area contributed by atoms with E-state index in [1.807, 2.05) is 30.3 Å². The first-order valence-electron chi connectivity index (χ1n) is 7.52. The molecule has 21 heavy (non-hydrogen) atoms. The number of amides is 1. The van der Waals surface area contributed by atoms with Crippen LogP contribution in [0.4, 0.5) is 5.69 Å². The number of halogens is 1.